The maximum absolute atomic E-state index is 11.7. The number of amides is 1. The predicted octanol–water partition coefficient (Wildman–Crippen LogP) is 2.03. The van der Waals surface area contributed by atoms with E-state index in [4.69, 9.17) is 0 Å². The van der Waals surface area contributed by atoms with Gasteiger partial charge in [-0.25, -0.2) is 0 Å². The van der Waals surface area contributed by atoms with Crippen molar-refractivity contribution in [2.75, 3.05) is 20.6 Å². The fourth-order valence-electron chi connectivity index (χ4n) is 2.33. The maximum atomic E-state index is 11.7. The molecule has 4 heteroatoms. The van der Waals surface area contributed by atoms with Crippen LogP contribution in [0.1, 0.15) is 37.8 Å². The summed E-state index contributed by atoms with van der Waals surface area (Å²) in [6.45, 7) is 3.68. The van der Waals surface area contributed by atoms with Gasteiger partial charge in [-0.15, -0.1) is 0 Å². The normalized spacial score (nSPS) is 16.4. The van der Waals surface area contributed by atoms with E-state index >= 15 is 0 Å². The van der Waals surface area contributed by atoms with E-state index < -0.39 is 0 Å². The maximum Gasteiger partial charge on any atom is 0.241 e. The number of carbonyl (C=O) groups is 1. The van der Waals surface area contributed by atoms with Crippen LogP contribution >= 0.6 is 0 Å². The smallest absolute Gasteiger partial charge is 0.241 e. The zero-order valence-electron chi connectivity index (χ0n) is 12.2. The van der Waals surface area contributed by atoms with Gasteiger partial charge in [0.25, 0.3) is 0 Å². The third-order valence-electron chi connectivity index (χ3n) is 3.66. The Balaban J connectivity index is 1.99. The third kappa shape index (κ3) is 3.83. The second kappa shape index (κ2) is 6.24. The van der Waals surface area contributed by atoms with E-state index in [-0.39, 0.29) is 5.91 Å². The second-order valence-corrected chi connectivity index (χ2v) is 5.67. The van der Waals surface area contributed by atoms with Gasteiger partial charge in [-0.05, 0) is 43.4 Å². The Labute approximate surface area is 115 Å². The lowest BCUT2D eigenvalue weighted by molar-refractivity contribution is -0.129. The Kier molecular flexibility index (Phi) is 4.64. The topological polar surface area (TPSA) is 37.3 Å². The fraction of sp³-hybridized carbons (Fsp3) is 0.667. The number of hydrogen-bond donors (Lipinski definition) is 1. The summed E-state index contributed by atoms with van der Waals surface area (Å²) < 4.78 is 1.99. The van der Waals surface area contributed by atoms with Crippen molar-refractivity contribution >= 4 is 5.91 Å². The van der Waals surface area contributed by atoms with Crippen LogP contribution in [-0.4, -0.2) is 36.0 Å². The monoisotopic (exact) mass is 263 g/mol. The van der Waals surface area contributed by atoms with Gasteiger partial charge in [0.15, 0.2) is 0 Å². The SMILES string of the molecule is CCCNC(c1ccn(CC(=O)N(C)C)c1)C1CC1. The molecule has 106 valence electrons. The first-order chi connectivity index (χ1) is 9.11. The summed E-state index contributed by atoms with van der Waals surface area (Å²) in [5.74, 6) is 0.915. The zero-order chi connectivity index (χ0) is 13.8. The summed E-state index contributed by atoms with van der Waals surface area (Å²) in [6.07, 6.45) is 7.93. The average molecular weight is 263 g/mol. The van der Waals surface area contributed by atoms with Gasteiger partial charge in [-0.2, -0.15) is 0 Å². The molecule has 1 heterocycles. The third-order valence-corrected chi connectivity index (χ3v) is 3.66. The summed E-state index contributed by atoms with van der Waals surface area (Å²) >= 11 is 0. The molecular formula is C15H25N3O. The standard InChI is InChI=1S/C15H25N3O/c1-4-8-16-15(12-5-6-12)13-7-9-18(10-13)11-14(19)17(2)3/h7,9-10,12,15-16H,4-6,8,11H2,1-3H3. The zero-order valence-corrected chi connectivity index (χ0v) is 12.2. The van der Waals surface area contributed by atoms with E-state index in [9.17, 15) is 4.79 Å². The minimum absolute atomic E-state index is 0.131. The first-order valence-corrected chi connectivity index (χ1v) is 7.21. The van der Waals surface area contributed by atoms with Crippen LogP contribution in [0.2, 0.25) is 0 Å². The Bertz CT molecular complexity index is 421. The van der Waals surface area contributed by atoms with Crippen LogP contribution in [0, 0.1) is 5.92 Å². The Morgan fingerprint density at radius 3 is 2.84 bits per heavy atom. The first-order valence-electron chi connectivity index (χ1n) is 7.21. The summed E-state index contributed by atoms with van der Waals surface area (Å²) in [5.41, 5.74) is 1.32. The molecule has 1 atom stereocenters. The lowest BCUT2D eigenvalue weighted by atomic mass is 10.1. The number of carbonyl (C=O) groups excluding carboxylic acids is 1. The number of rotatable bonds is 7. The molecule has 1 N–H and O–H groups in total. The molecule has 0 saturated heterocycles. The number of likely N-dealkylation sites (N-methyl/N-ethyl adjacent to an activating group) is 1. The van der Waals surface area contributed by atoms with Crippen LogP contribution < -0.4 is 5.32 Å². The summed E-state index contributed by atoms with van der Waals surface area (Å²) in [5, 5.41) is 3.63. The van der Waals surface area contributed by atoms with Gasteiger partial charge in [-0.1, -0.05) is 6.92 Å². The molecule has 1 aliphatic rings. The number of hydrogen-bond acceptors (Lipinski definition) is 2. The average Bonchev–Trinajstić information content (AvgIpc) is 3.10. The van der Waals surface area contributed by atoms with Gasteiger partial charge in [0, 0.05) is 32.5 Å². The van der Waals surface area contributed by atoms with E-state index in [0.717, 1.165) is 18.9 Å². The highest BCUT2D eigenvalue weighted by molar-refractivity contribution is 5.75. The van der Waals surface area contributed by atoms with E-state index in [2.05, 4.69) is 24.5 Å². The van der Waals surface area contributed by atoms with Gasteiger partial charge in [0.1, 0.15) is 6.54 Å². The van der Waals surface area contributed by atoms with E-state index in [1.165, 1.54) is 18.4 Å². The van der Waals surface area contributed by atoms with Crippen LogP contribution in [-0.2, 0) is 11.3 Å². The van der Waals surface area contributed by atoms with Crippen LogP contribution in [0.25, 0.3) is 0 Å². The largest absolute Gasteiger partial charge is 0.347 e. The lowest BCUT2D eigenvalue weighted by Crippen LogP contribution is -2.26. The Morgan fingerprint density at radius 1 is 1.53 bits per heavy atom. The van der Waals surface area contributed by atoms with Crippen molar-refractivity contribution in [3.05, 3.63) is 24.0 Å². The van der Waals surface area contributed by atoms with E-state index in [1.807, 2.05) is 10.8 Å². The van der Waals surface area contributed by atoms with Gasteiger partial charge in [0.05, 0.1) is 0 Å². The van der Waals surface area contributed by atoms with Crippen LogP contribution in [0.15, 0.2) is 18.5 Å². The van der Waals surface area contributed by atoms with Crippen molar-refractivity contribution in [1.82, 2.24) is 14.8 Å². The molecule has 1 aromatic rings. The molecule has 0 spiro atoms. The van der Waals surface area contributed by atoms with Crippen molar-refractivity contribution < 1.29 is 4.79 Å². The molecule has 1 fully saturated rings. The van der Waals surface area contributed by atoms with Gasteiger partial charge < -0.3 is 14.8 Å². The summed E-state index contributed by atoms with van der Waals surface area (Å²) in [7, 11) is 3.59. The molecule has 2 rings (SSSR count). The lowest BCUT2D eigenvalue weighted by Gasteiger charge is -2.16. The van der Waals surface area contributed by atoms with Crippen molar-refractivity contribution in [3.63, 3.8) is 0 Å². The molecule has 1 aromatic heterocycles. The second-order valence-electron chi connectivity index (χ2n) is 5.67. The molecule has 19 heavy (non-hydrogen) atoms. The molecule has 0 aromatic carbocycles. The van der Waals surface area contributed by atoms with Gasteiger partial charge in [-0.3, -0.25) is 4.79 Å². The molecule has 1 unspecified atom stereocenters. The minimum Gasteiger partial charge on any atom is -0.347 e. The van der Waals surface area contributed by atoms with Crippen molar-refractivity contribution in [2.24, 2.45) is 5.92 Å². The van der Waals surface area contributed by atoms with Crippen molar-refractivity contribution in [1.29, 1.82) is 0 Å². The predicted molar refractivity (Wildman–Crippen MR) is 76.9 cm³/mol. The van der Waals surface area contributed by atoms with Crippen molar-refractivity contribution in [3.8, 4) is 0 Å². The van der Waals surface area contributed by atoms with Crippen molar-refractivity contribution in [2.45, 2.75) is 38.8 Å². The van der Waals surface area contributed by atoms with Gasteiger partial charge in [0.2, 0.25) is 5.91 Å². The van der Waals surface area contributed by atoms with E-state index in [1.54, 1.807) is 19.0 Å². The quantitative estimate of drug-likeness (QED) is 0.817. The molecule has 4 nitrogen and oxygen atoms in total. The molecule has 0 radical (unpaired) electrons. The Hall–Kier alpha value is -1.29. The molecule has 0 aliphatic heterocycles. The number of aromatic nitrogens is 1. The highest BCUT2D eigenvalue weighted by Crippen LogP contribution is 2.41. The molecular weight excluding hydrogens is 238 g/mol. The van der Waals surface area contributed by atoms with E-state index in [0.29, 0.717) is 12.6 Å². The molecule has 1 aliphatic carbocycles. The Morgan fingerprint density at radius 2 is 2.26 bits per heavy atom. The van der Waals surface area contributed by atoms with Crippen LogP contribution in [0.5, 0.6) is 0 Å². The summed E-state index contributed by atoms with van der Waals surface area (Å²) in [6, 6.07) is 2.62. The molecule has 1 amide bonds. The highest BCUT2D eigenvalue weighted by atomic mass is 16.2. The highest BCUT2D eigenvalue weighted by Gasteiger charge is 2.32. The first kappa shape index (κ1) is 14.1. The molecule has 0 bridgehead atoms. The van der Waals surface area contributed by atoms with Crippen LogP contribution in [0.3, 0.4) is 0 Å². The molecule has 1 saturated carbocycles. The number of nitrogens with one attached hydrogen (secondary N) is 1. The van der Waals surface area contributed by atoms with Crippen LogP contribution in [0.4, 0.5) is 0 Å². The van der Waals surface area contributed by atoms with Gasteiger partial charge >= 0.3 is 0 Å². The summed E-state index contributed by atoms with van der Waals surface area (Å²) in [4.78, 5) is 13.3. The fourth-order valence-corrected chi connectivity index (χ4v) is 2.33. The minimum atomic E-state index is 0.131. The number of nitrogens with zero attached hydrogens (tertiary/aromatic N) is 2.